The third-order valence-corrected chi connectivity index (χ3v) is 10.7. The molecule has 0 aliphatic heterocycles. The summed E-state index contributed by atoms with van der Waals surface area (Å²) in [6.45, 7) is -2.65. The van der Waals surface area contributed by atoms with E-state index in [9.17, 15) is 62.1 Å². The molecule has 2 atom stereocenters. The standard InChI is InChI=1S/C30H40N12O16S4.4K/c43-15-21(45)13-33-27-37-25(31-7-9-59(47,48)49)39-29(41-27)35-19-5-3-17(23(11-19)61(53,54)55)1-2-18-4-6-20(12-24(18)62(56,57)58)36-30-40-26(32-8-10-60(50,51)52)38-28(42-30)34-14-22(46)16-44;;;;/h1-6,11-12,21-22,43-46H,7-10,13-16H2,(H,47,48,49)(H,50,51,52)(H,53,54,55)(H,56,57,58)(H3,31,33,35,37,39,41)(H3,32,34,36,38,40,42);;;;/q;4*+1/p-4/b2-1+;;;;. The zero-order valence-corrected chi connectivity index (χ0v) is 51.2. The van der Waals surface area contributed by atoms with E-state index < -0.39 is 100 Å². The predicted octanol–water partition coefficient (Wildman–Crippen LogP) is -15.0. The van der Waals surface area contributed by atoms with Crippen molar-refractivity contribution in [1.29, 1.82) is 0 Å². The van der Waals surface area contributed by atoms with Crippen LogP contribution in [0.15, 0.2) is 46.2 Å². The van der Waals surface area contributed by atoms with Gasteiger partial charge < -0.3 is 70.5 Å². The molecule has 0 aliphatic carbocycles. The average molecular weight is 1110 g/mol. The Kier molecular flexibility index (Phi) is 31.4. The smallest absolute Gasteiger partial charge is 0.748 e. The van der Waals surface area contributed by atoms with E-state index in [4.69, 9.17) is 10.2 Å². The molecule has 0 spiro atoms. The molecule has 28 nitrogen and oxygen atoms in total. The molecule has 10 N–H and O–H groups in total. The zero-order valence-electron chi connectivity index (χ0n) is 35.4. The summed E-state index contributed by atoms with van der Waals surface area (Å²) in [6.07, 6.45) is -0.445. The van der Waals surface area contributed by atoms with Crippen LogP contribution in [0.1, 0.15) is 11.1 Å². The Bertz CT molecular complexity index is 2530. The number of aromatic nitrogens is 6. The molecule has 0 saturated carbocycles. The van der Waals surface area contributed by atoms with Crippen molar-refractivity contribution < 1.29 is 278 Å². The summed E-state index contributed by atoms with van der Waals surface area (Å²) in [7, 11) is -19.8. The summed E-state index contributed by atoms with van der Waals surface area (Å²) in [5, 5.41) is 53.0. The van der Waals surface area contributed by atoms with E-state index >= 15 is 0 Å². The van der Waals surface area contributed by atoms with E-state index in [-0.39, 0.29) is 277 Å². The Morgan fingerprint density at radius 2 is 0.803 bits per heavy atom. The van der Waals surface area contributed by atoms with Crippen LogP contribution in [0.3, 0.4) is 0 Å². The normalized spacial score (nSPS) is 12.5. The maximum atomic E-state index is 12.4. The monoisotopic (exact) mass is 1100 g/mol. The first kappa shape index (κ1) is 67.0. The van der Waals surface area contributed by atoms with Crippen LogP contribution in [0.25, 0.3) is 12.2 Å². The van der Waals surface area contributed by atoms with Gasteiger partial charge in [-0.3, -0.25) is 0 Å². The van der Waals surface area contributed by atoms with Crippen LogP contribution in [0, 0.1) is 0 Å². The van der Waals surface area contributed by atoms with Gasteiger partial charge in [-0.15, -0.1) is 0 Å². The van der Waals surface area contributed by atoms with Gasteiger partial charge in [-0.1, -0.05) is 24.3 Å². The molecule has 0 amide bonds. The van der Waals surface area contributed by atoms with Crippen LogP contribution in [0.2, 0.25) is 0 Å². The molecule has 4 aromatic rings. The molecule has 2 heterocycles. The van der Waals surface area contributed by atoms with Gasteiger partial charge in [0, 0.05) is 37.6 Å². The molecule has 66 heavy (non-hydrogen) atoms. The molecule has 0 radical (unpaired) electrons. The average Bonchev–Trinajstić information content (AvgIpc) is 3.17. The quantitative estimate of drug-likeness (QED) is 0.0177. The van der Waals surface area contributed by atoms with E-state index in [0.717, 1.165) is 36.4 Å². The largest absolute Gasteiger partial charge is 1.00 e. The van der Waals surface area contributed by atoms with Gasteiger partial charge in [0.25, 0.3) is 0 Å². The minimum Gasteiger partial charge on any atom is -0.748 e. The van der Waals surface area contributed by atoms with Crippen molar-refractivity contribution in [1.82, 2.24) is 29.9 Å². The first-order valence-electron chi connectivity index (χ1n) is 17.3. The summed E-state index contributed by atoms with van der Waals surface area (Å²) >= 11 is 0. The van der Waals surface area contributed by atoms with Crippen molar-refractivity contribution in [2.75, 3.05) is 82.8 Å². The molecule has 0 fully saturated rings. The SMILES string of the molecule is O=S(=O)([O-])CCNc1nc(NCC(O)CO)nc(Nc2ccc(/C=C/c3ccc(Nc4nc(NCCS(=O)(=O)[O-])nc(NCC(O)CO)n4)cc3S(=O)(=O)[O-])c(S(=O)(=O)[O-])c2)n1.[K+].[K+].[K+].[K+]. The van der Waals surface area contributed by atoms with E-state index in [0.29, 0.717) is 0 Å². The van der Waals surface area contributed by atoms with E-state index in [1.54, 1.807) is 0 Å². The van der Waals surface area contributed by atoms with Crippen molar-refractivity contribution in [3.8, 4) is 0 Å². The number of nitrogens with one attached hydrogen (secondary N) is 6. The summed E-state index contributed by atoms with van der Waals surface area (Å²) in [4.78, 5) is 22.3. The topological polar surface area (TPSA) is 459 Å². The second kappa shape index (κ2) is 30.9. The summed E-state index contributed by atoms with van der Waals surface area (Å²) in [6, 6.07) is 6.50. The van der Waals surface area contributed by atoms with Crippen LogP contribution >= 0.6 is 0 Å². The van der Waals surface area contributed by atoms with Gasteiger partial charge in [-0.25, -0.2) is 33.7 Å². The van der Waals surface area contributed by atoms with Gasteiger partial charge in [0.1, 0.15) is 20.2 Å². The van der Waals surface area contributed by atoms with Crippen molar-refractivity contribution in [2.24, 2.45) is 0 Å². The first-order chi connectivity index (χ1) is 28.9. The van der Waals surface area contributed by atoms with Gasteiger partial charge in [0.15, 0.2) is 0 Å². The number of nitrogens with zero attached hydrogens (tertiary/aromatic N) is 6. The number of benzene rings is 2. The number of hydrogen-bond donors (Lipinski definition) is 10. The van der Waals surface area contributed by atoms with Crippen LogP contribution in [0.4, 0.5) is 47.1 Å². The fourth-order valence-electron chi connectivity index (χ4n) is 4.67. The van der Waals surface area contributed by atoms with E-state index in [1.807, 2.05) is 0 Å². The fraction of sp³-hybridized carbons (Fsp3) is 0.333. The number of aliphatic hydroxyl groups excluding tert-OH is 4. The molecule has 2 unspecified atom stereocenters. The summed E-state index contributed by atoms with van der Waals surface area (Å²) < 4.78 is 141. The van der Waals surface area contributed by atoms with Crippen LogP contribution in [-0.2, 0) is 40.5 Å². The molecule has 0 saturated heterocycles. The predicted molar refractivity (Wildman–Crippen MR) is 213 cm³/mol. The zero-order chi connectivity index (χ0) is 45.9. The van der Waals surface area contributed by atoms with Gasteiger partial charge in [0.05, 0.1) is 67.0 Å². The van der Waals surface area contributed by atoms with Gasteiger partial charge in [-0.2, -0.15) is 29.9 Å². The van der Waals surface area contributed by atoms with Gasteiger partial charge >= 0.3 is 206 Å². The number of anilines is 8. The van der Waals surface area contributed by atoms with Crippen molar-refractivity contribution >= 4 is 99.7 Å². The van der Waals surface area contributed by atoms with Crippen molar-refractivity contribution in [3.63, 3.8) is 0 Å². The minimum absolute atomic E-state index is 0. The van der Waals surface area contributed by atoms with Gasteiger partial charge in [0.2, 0.25) is 35.7 Å². The van der Waals surface area contributed by atoms with Crippen LogP contribution < -0.4 is 237 Å². The second-order valence-electron chi connectivity index (χ2n) is 12.4. The first-order valence-corrected chi connectivity index (χ1v) is 23.2. The van der Waals surface area contributed by atoms with E-state index in [2.05, 4.69) is 61.8 Å². The Labute approximate surface area is 548 Å². The third-order valence-electron chi connectivity index (χ3n) is 7.47. The molecule has 0 bridgehead atoms. The Hall–Kier alpha value is 1.03. The van der Waals surface area contributed by atoms with Crippen LogP contribution in [-0.4, -0.2) is 165 Å². The van der Waals surface area contributed by atoms with Crippen molar-refractivity contribution in [3.05, 3.63) is 47.5 Å². The molecule has 4 rings (SSSR count). The fourth-order valence-corrected chi connectivity index (χ4v) is 6.77. The maximum absolute atomic E-state index is 12.4. The Morgan fingerprint density at radius 3 is 1.09 bits per heavy atom. The summed E-state index contributed by atoms with van der Waals surface area (Å²) in [5.41, 5.74) is -0.767. The molecule has 36 heteroatoms. The second-order valence-corrected chi connectivity index (χ2v) is 18.2. The molecule has 0 aliphatic rings. The Balaban J connectivity index is 0.0000106. The summed E-state index contributed by atoms with van der Waals surface area (Å²) in [5.74, 6) is -3.38. The molecule has 2 aromatic heterocycles. The van der Waals surface area contributed by atoms with Crippen molar-refractivity contribution in [2.45, 2.75) is 22.0 Å². The molecule has 340 valence electrons. The minimum atomic E-state index is -5.27. The third kappa shape index (κ3) is 24.6. The molecular weight excluding hydrogens is 1070 g/mol. The Morgan fingerprint density at radius 1 is 0.500 bits per heavy atom. The molecule has 2 aromatic carbocycles. The van der Waals surface area contributed by atoms with E-state index in [1.165, 1.54) is 12.1 Å². The maximum Gasteiger partial charge on any atom is 1.00 e. The van der Waals surface area contributed by atoms with Gasteiger partial charge in [-0.05, 0) is 35.4 Å². The number of rotatable bonds is 24. The number of hydrogen-bond acceptors (Lipinski definition) is 28. The molecular formula is C30H36K4N12O16S4. The number of aliphatic hydroxyl groups is 4. The van der Waals surface area contributed by atoms with Crippen LogP contribution in [0.5, 0.6) is 0 Å².